The van der Waals surface area contributed by atoms with Crippen molar-refractivity contribution in [2.45, 2.75) is 31.6 Å². The third-order valence-corrected chi connectivity index (χ3v) is 5.18. The van der Waals surface area contributed by atoms with E-state index in [1.807, 2.05) is 79.4 Å². The second-order valence-electron chi connectivity index (χ2n) is 6.57. The number of carbonyl (C=O) groups is 1. The van der Waals surface area contributed by atoms with Gasteiger partial charge in [0.05, 0.1) is 17.6 Å². The fourth-order valence-corrected chi connectivity index (χ4v) is 3.56. The first-order valence-electron chi connectivity index (χ1n) is 8.90. The van der Waals surface area contributed by atoms with Crippen LogP contribution >= 0.6 is 11.8 Å². The molecule has 2 aromatic carbocycles. The van der Waals surface area contributed by atoms with Crippen LogP contribution in [0.2, 0.25) is 0 Å². The Balaban J connectivity index is 1.66. The Labute approximate surface area is 164 Å². The maximum absolute atomic E-state index is 12.8. The first-order chi connectivity index (χ1) is 13.0. The summed E-state index contributed by atoms with van der Waals surface area (Å²) in [6.45, 7) is 4.66. The van der Waals surface area contributed by atoms with Crippen LogP contribution < -0.4 is 5.84 Å². The lowest BCUT2D eigenvalue weighted by Gasteiger charge is -2.26. The van der Waals surface area contributed by atoms with Crippen molar-refractivity contribution in [1.82, 2.24) is 14.6 Å². The van der Waals surface area contributed by atoms with E-state index in [0.717, 1.165) is 16.8 Å². The zero-order valence-corrected chi connectivity index (χ0v) is 16.4. The van der Waals surface area contributed by atoms with Gasteiger partial charge >= 0.3 is 0 Å². The number of hydrogen-bond acceptors (Lipinski definition) is 4. The highest BCUT2D eigenvalue weighted by Gasteiger charge is 2.19. The zero-order chi connectivity index (χ0) is 19.2. The topological polar surface area (TPSA) is 64.2 Å². The van der Waals surface area contributed by atoms with E-state index in [0.29, 0.717) is 17.5 Å². The van der Waals surface area contributed by atoms with Crippen molar-refractivity contribution in [1.29, 1.82) is 0 Å². The molecule has 0 saturated carbocycles. The minimum absolute atomic E-state index is 0.0723. The maximum Gasteiger partial charge on any atom is 0.233 e. The molecule has 0 spiro atoms. The van der Waals surface area contributed by atoms with Gasteiger partial charge in [-0.25, -0.2) is 9.66 Å². The monoisotopic (exact) mass is 380 g/mol. The lowest BCUT2D eigenvalue weighted by atomic mass is 10.2. The Morgan fingerprint density at radius 3 is 2.37 bits per heavy atom. The second kappa shape index (κ2) is 8.77. The first kappa shape index (κ1) is 19.0. The van der Waals surface area contributed by atoms with Gasteiger partial charge in [0.2, 0.25) is 5.91 Å². The number of thioether (sulfide) groups is 1. The third-order valence-electron chi connectivity index (χ3n) is 4.23. The van der Waals surface area contributed by atoms with Gasteiger partial charge in [0.1, 0.15) is 0 Å². The van der Waals surface area contributed by atoms with E-state index >= 15 is 0 Å². The van der Waals surface area contributed by atoms with Crippen molar-refractivity contribution in [2.24, 2.45) is 0 Å². The van der Waals surface area contributed by atoms with Crippen molar-refractivity contribution >= 4 is 17.7 Å². The fourth-order valence-electron chi connectivity index (χ4n) is 2.78. The summed E-state index contributed by atoms with van der Waals surface area (Å²) < 4.78 is 1.48. The summed E-state index contributed by atoms with van der Waals surface area (Å²) in [5.74, 6) is 6.40. The van der Waals surface area contributed by atoms with E-state index in [1.165, 1.54) is 16.4 Å². The van der Waals surface area contributed by atoms with E-state index in [9.17, 15) is 4.79 Å². The number of hydrogen-bond donors (Lipinski definition) is 1. The van der Waals surface area contributed by atoms with E-state index in [-0.39, 0.29) is 11.9 Å². The molecule has 1 heterocycles. The molecule has 0 radical (unpaired) electrons. The van der Waals surface area contributed by atoms with Crippen molar-refractivity contribution in [3.05, 3.63) is 72.4 Å². The van der Waals surface area contributed by atoms with Crippen LogP contribution in [0.3, 0.4) is 0 Å². The molecule has 6 heteroatoms. The Morgan fingerprint density at radius 1 is 1.11 bits per heavy atom. The van der Waals surface area contributed by atoms with Gasteiger partial charge in [-0.15, -0.1) is 0 Å². The van der Waals surface area contributed by atoms with Gasteiger partial charge in [0.25, 0.3) is 0 Å². The quantitative estimate of drug-likeness (QED) is 0.500. The summed E-state index contributed by atoms with van der Waals surface area (Å²) in [6.07, 6.45) is 1.78. The zero-order valence-electron chi connectivity index (χ0n) is 15.6. The average Bonchev–Trinajstić information content (AvgIpc) is 3.06. The minimum atomic E-state index is 0.0723. The van der Waals surface area contributed by atoms with Crippen LogP contribution in [0.25, 0.3) is 11.3 Å². The van der Waals surface area contributed by atoms with Gasteiger partial charge in [0.15, 0.2) is 5.16 Å². The molecule has 0 aliphatic heterocycles. The second-order valence-corrected chi connectivity index (χ2v) is 7.51. The number of imidazole rings is 1. The standard InChI is InChI=1S/C21H24N4OS/c1-16(2)24(13-17-9-5-3-6-10-17)20(26)15-27-21-23-19(14-25(21)22)18-11-7-4-8-12-18/h3-12,14,16H,13,15,22H2,1-2H3. The molecule has 1 amide bonds. The third kappa shape index (κ3) is 4.92. The van der Waals surface area contributed by atoms with Crippen molar-refractivity contribution in [3.8, 4) is 11.3 Å². The molecule has 1 aromatic heterocycles. The summed E-state index contributed by atoms with van der Waals surface area (Å²) in [5, 5.41) is 0.630. The molecular weight excluding hydrogens is 356 g/mol. The largest absolute Gasteiger partial charge is 0.337 e. The van der Waals surface area contributed by atoms with E-state index in [2.05, 4.69) is 4.98 Å². The highest BCUT2D eigenvalue weighted by molar-refractivity contribution is 7.99. The first-order valence-corrected chi connectivity index (χ1v) is 9.89. The van der Waals surface area contributed by atoms with Crippen LogP contribution in [0.4, 0.5) is 0 Å². The van der Waals surface area contributed by atoms with Crippen molar-refractivity contribution in [2.75, 3.05) is 11.6 Å². The number of nitrogen functional groups attached to an aromatic ring is 1. The number of carbonyl (C=O) groups excluding carboxylic acids is 1. The van der Waals surface area contributed by atoms with Gasteiger partial charge in [-0.1, -0.05) is 72.4 Å². The number of nitrogens with zero attached hydrogens (tertiary/aromatic N) is 3. The molecule has 140 valence electrons. The lowest BCUT2D eigenvalue weighted by Crippen LogP contribution is -2.37. The highest BCUT2D eigenvalue weighted by Crippen LogP contribution is 2.23. The molecule has 0 unspecified atom stereocenters. The highest BCUT2D eigenvalue weighted by atomic mass is 32.2. The Morgan fingerprint density at radius 2 is 1.74 bits per heavy atom. The SMILES string of the molecule is CC(C)N(Cc1ccccc1)C(=O)CSc1nc(-c2ccccc2)cn1N. The summed E-state index contributed by atoms with van der Waals surface area (Å²) in [7, 11) is 0. The number of nitrogens with two attached hydrogens (primary N) is 1. The molecule has 2 N–H and O–H groups in total. The number of amides is 1. The predicted molar refractivity (Wildman–Crippen MR) is 111 cm³/mol. The molecule has 0 fully saturated rings. The van der Waals surface area contributed by atoms with Gasteiger partial charge < -0.3 is 10.7 Å². The minimum Gasteiger partial charge on any atom is -0.337 e. The summed E-state index contributed by atoms with van der Waals surface area (Å²) >= 11 is 1.36. The molecule has 0 saturated heterocycles. The van der Waals surface area contributed by atoms with Crippen LogP contribution in [0.5, 0.6) is 0 Å². The molecule has 5 nitrogen and oxygen atoms in total. The van der Waals surface area contributed by atoms with Gasteiger partial charge in [0, 0.05) is 18.2 Å². The molecule has 0 aliphatic carbocycles. The molecular formula is C21H24N4OS. The smallest absolute Gasteiger partial charge is 0.233 e. The normalized spacial score (nSPS) is 10.9. The van der Waals surface area contributed by atoms with Crippen LogP contribution in [0.1, 0.15) is 19.4 Å². The van der Waals surface area contributed by atoms with E-state index in [1.54, 1.807) is 6.20 Å². The summed E-state index contributed by atoms with van der Waals surface area (Å²) in [4.78, 5) is 19.2. The molecule has 0 atom stereocenters. The number of benzene rings is 2. The lowest BCUT2D eigenvalue weighted by molar-refractivity contribution is -0.130. The molecule has 0 aliphatic rings. The van der Waals surface area contributed by atoms with E-state index < -0.39 is 0 Å². The molecule has 3 rings (SSSR count). The Bertz CT molecular complexity index is 878. The Hall–Kier alpha value is -2.73. The average molecular weight is 381 g/mol. The van der Waals surface area contributed by atoms with Crippen molar-refractivity contribution < 1.29 is 4.79 Å². The van der Waals surface area contributed by atoms with Crippen LogP contribution in [-0.4, -0.2) is 32.3 Å². The summed E-state index contributed by atoms with van der Waals surface area (Å²) in [5.41, 5.74) is 2.93. The van der Waals surface area contributed by atoms with Gasteiger partial charge in [-0.3, -0.25) is 4.79 Å². The molecule has 27 heavy (non-hydrogen) atoms. The van der Waals surface area contributed by atoms with Crippen molar-refractivity contribution in [3.63, 3.8) is 0 Å². The Kier molecular flexibility index (Phi) is 6.19. The summed E-state index contributed by atoms with van der Waals surface area (Å²) in [6, 6.07) is 20.0. The van der Waals surface area contributed by atoms with Crippen LogP contribution in [0.15, 0.2) is 72.0 Å². The number of rotatable bonds is 7. The van der Waals surface area contributed by atoms with Crippen LogP contribution in [0, 0.1) is 0 Å². The molecule has 0 bridgehead atoms. The molecule has 3 aromatic rings. The van der Waals surface area contributed by atoms with Crippen LogP contribution in [-0.2, 0) is 11.3 Å². The van der Waals surface area contributed by atoms with E-state index in [4.69, 9.17) is 5.84 Å². The maximum atomic E-state index is 12.8. The number of aromatic nitrogens is 2. The van der Waals surface area contributed by atoms with Gasteiger partial charge in [-0.05, 0) is 19.4 Å². The fraction of sp³-hybridized carbons (Fsp3) is 0.238. The predicted octanol–water partition coefficient (Wildman–Crippen LogP) is 3.79. The van der Waals surface area contributed by atoms with Gasteiger partial charge in [-0.2, -0.15) is 0 Å².